The van der Waals surface area contributed by atoms with Crippen LogP contribution in [-0.2, 0) is 0 Å². The molecule has 0 aliphatic heterocycles. The van der Waals surface area contributed by atoms with Crippen molar-refractivity contribution in [3.05, 3.63) is 22.7 Å². The van der Waals surface area contributed by atoms with Gasteiger partial charge in [0, 0.05) is 18.2 Å². The lowest BCUT2D eigenvalue weighted by Gasteiger charge is -2.15. The van der Waals surface area contributed by atoms with Crippen molar-refractivity contribution in [2.45, 2.75) is 33.2 Å². The number of methoxy groups -OCH3 is 1. The fourth-order valence-corrected chi connectivity index (χ4v) is 2.23. The molecule has 1 aromatic carbocycles. The number of nitrogens with one attached hydrogen (secondary N) is 2. The quantitative estimate of drug-likeness (QED) is 0.732. The molecule has 1 atom stereocenters. The Morgan fingerprint density at radius 3 is 2.68 bits per heavy atom. The molecule has 124 valence electrons. The molecule has 0 radical (unpaired) electrons. The van der Waals surface area contributed by atoms with Gasteiger partial charge in [-0.05, 0) is 32.0 Å². The molecule has 0 saturated carbocycles. The predicted molar refractivity (Wildman–Crippen MR) is 89.3 cm³/mol. The lowest BCUT2D eigenvalue weighted by atomic mass is 10.1. The SMILES string of the molecule is CCCOc1c(Cl)cc(C(=O)NC[C@@H](C)NCC)cc1OC. The second kappa shape index (κ2) is 9.54. The Morgan fingerprint density at radius 2 is 2.09 bits per heavy atom. The average molecular weight is 329 g/mol. The average Bonchev–Trinajstić information content (AvgIpc) is 2.51. The highest BCUT2D eigenvalue weighted by molar-refractivity contribution is 6.32. The topological polar surface area (TPSA) is 59.6 Å². The van der Waals surface area contributed by atoms with Crippen LogP contribution < -0.4 is 20.1 Å². The second-order valence-corrected chi connectivity index (χ2v) is 5.41. The molecule has 0 aromatic heterocycles. The van der Waals surface area contributed by atoms with Crippen LogP contribution in [0.2, 0.25) is 5.02 Å². The molecule has 5 nitrogen and oxygen atoms in total. The molecular formula is C16H25ClN2O3. The normalized spacial score (nSPS) is 11.9. The summed E-state index contributed by atoms with van der Waals surface area (Å²) in [6.45, 7) is 7.99. The first-order valence-electron chi connectivity index (χ1n) is 7.55. The minimum Gasteiger partial charge on any atom is -0.493 e. The molecular weight excluding hydrogens is 304 g/mol. The summed E-state index contributed by atoms with van der Waals surface area (Å²) in [5.74, 6) is 0.751. The van der Waals surface area contributed by atoms with Gasteiger partial charge in [0.1, 0.15) is 0 Å². The van der Waals surface area contributed by atoms with Gasteiger partial charge in [0.15, 0.2) is 11.5 Å². The van der Waals surface area contributed by atoms with Crippen LogP contribution >= 0.6 is 11.6 Å². The van der Waals surface area contributed by atoms with Gasteiger partial charge in [-0.3, -0.25) is 4.79 Å². The zero-order chi connectivity index (χ0) is 16.5. The van der Waals surface area contributed by atoms with Crippen LogP contribution in [0.5, 0.6) is 11.5 Å². The summed E-state index contributed by atoms with van der Waals surface area (Å²) in [6, 6.07) is 3.45. The number of hydrogen-bond acceptors (Lipinski definition) is 4. The summed E-state index contributed by atoms with van der Waals surface area (Å²) in [4.78, 5) is 12.2. The number of halogens is 1. The molecule has 0 aliphatic carbocycles. The molecule has 1 aromatic rings. The Balaban J connectivity index is 2.82. The van der Waals surface area contributed by atoms with Crippen molar-refractivity contribution in [2.75, 3.05) is 26.8 Å². The molecule has 6 heteroatoms. The number of likely N-dealkylation sites (N-methyl/N-ethyl adjacent to an activating group) is 1. The van der Waals surface area contributed by atoms with E-state index in [2.05, 4.69) is 10.6 Å². The molecule has 0 unspecified atom stereocenters. The van der Waals surface area contributed by atoms with Crippen LogP contribution in [0.3, 0.4) is 0 Å². The van der Waals surface area contributed by atoms with E-state index in [0.717, 1.165) is 13.0 Å². The Hall–Kier alpha value is -1.46. The standard InChI is InChI=1S/C16H25ClN2O3/c1-5-7-22-15-13(17)8-12(9-14(15)21-4)16(20)19-10-11(3)18-6-2/h8-9,11,18H,5-7,10H2,1-4H3,(H,19,20)/t11-/m1/s1. The third-order valence-corrected chi connectivity index (χ3v) is 3.34. The lowest BCUT2D eigenvalue weighted by Crippen LogP contribution is -2.38. The third kappa shape index (κ3) is 5.39. The van der Waals surface area contributed by atoms with Crippen molar-refractivity contribution in [3.63, 3.8) is 0 Å². The van der Waals surface area contributed by atoms with Gasteiger partial charge in [-0.15, -0.1) is 0 Å². The van der Waals surface area contributed by atoms with Crippen LogP contribution in [0.25, 0.3) is 0 Å². The maximum absolute atomic E-state index is 12.2. The maximum Gasteiger partial charge on any atom is 0.251 e. The van der Waals surface area contributed by atoms with E-state index >= 15 is 0 Å². The van der Waals surface area contributed by atoms with E-state index in [1.165, 1.54) is 7.11 Å². The summed E-state index contributed by atoms with van der Waals surface area (Å²) in [7, 11) is 1.53. The molecule has 1 rings (SSSR count). The van der Waals surface area contributed by atoms with Crippen molar-refractivity contribution in [3.8, 4) is 11.5 Å². The van der Waals surface area contributed by atoms with E-state index in [0.29, 0.717) is 35.2 Å². The number of carbonyl (C=O) groups is 1. The van der Waals surface area contributed by atoms with E-state index < -0.39 is 0 Å². The first kappa shape index (κ1) is 18.6. The Labute approximate surface area is 137 Å². The summed E-state index contributed by atoms with van der Waals surface area (Å²) in [5, 5.41) is 6.47. The monoisotopic (exact) mass is 328 g/mol. The van der Waals surface area contributed by atoms with Crippen molar-refractivity contribution in [1.82, 2.24) is 10.6 Å². The first-order chi connectivity index (χ1) is 10.5. The third-order valence-electron chi connectivity index (χ3n) is 3.06. The van der Waals surface area contributed by atoms with Crippen molar-refractivity contribution in [1.29, 1.82) is 0 Å². The van der Waals surface area contributed by atoms with E-state index in [4.69, 9.17) is 21.1 Å². The van der Waals surface area contributed by atoms with Gasteiger partial charge in [0.05, 0.1) is 18.7 Å². The number of hydrogen-bond donors (Lipinski definition) is 2. The van der Waals surface area contributed by atoms with Crippen LogP contribution in [0, 0.1) is 0 Å². The largest absolute Gasteiger partial charge is 0.493 e. The van der Waals surface area contributed by atoms with Crippen LogP contribution in [0.15, 0.2) is 12.1 Å². The Morgan fingerprint density at radius 1 is 1.36 bits per heavy atom. The molecule has 0 spiro atoms. The van der Waals surface area contributed by atoms with Gasteiger partial charge in [0.2, 0.25) is 0 Å². The highest BCUT2D eigenvalue weighted by atomic mass is 35.5. The first-order valence-corrected chi connectivity index (χ1v) is 7.93. The van der Waals surface area contributed by atoms with E-state index in [-0.39, 0.29) is 11.9 Å². The van der Waals surface area contributed by atoms with Gasteiger partial charge >= 0.3 is 0 Å². The smallest absolute Gasteiger partial charge is 0.251 e. The number of ether oxygens (including phenoxy) is 2. The number of carbonyl (C=O) groups excluding carboxylic acids is 1. The highest BCUT2D eigenvalue weighted by Gasteiger charge is 2.16. The van der Waals surface area contributed by atoms with E-state index in [1.807, 2.05) is 20.8 Å². The van der Waals surface area contributed by atoms with Gasteiger partial charge in [-0.2, -0.15) is 0 Å². The summed E-state index contributed by atoms with van der Waals surface area (Å²) in [6.07, 6.45) is 0.865. The minimum atomic E-state index is -0.188. The van der Waals surface area contributed by atoms with Crippen LogP contribution in [-0.4, -0.2) is 38.8 Å². The molecule has 0 saturated heterocycles. The molecule has 0 heterocycles. The predicted octanol–water partition coefficient (Wildman–Crippen LogP) is 2.87. The van der Waals surface area contributed by atoms with Crippen LogP contribution in [0.4, 0.5) is 0 Å². The molecule has 2 N–H and O–H groups in total. The lowest BCUT2D eigenvalue weighted by molar-refractivity contribution is 0.0950. The van der Waals surface area contributed by atoms with Crippen molar-refractivity contribution in [2.24, 2.45) is 0 Å². The van der Waals surface area contributed by atoms with Crippen molar-refractivity contribution < 1.29 is 14.3 Å². The van der Waals surface area contributed by atoms with Gasteiger partial charge < -0.3 is 20.1 Å². The number of benzene rings is 1. The van der Waals surface area contributed by atoms with E-state index in [1.54, 1.807) is 12.1 Å². The highest BCUT2D eigenvalue weighted by Crippen LogP contribution is 2.36. The molecule has 0 bridgehead atoms. The molecule has 0 fully saturated rings. The summed E-state index contributed by atoms with van der Waals surface area (Å²) >= 11 is 6.21. The van der Waals surface area contributed by atoms with Gasteiger partial charge in [-0.1, -0.05) is 25.4 Å². The summed E-state index contributed by atoms with van der Waals surface area (Å²) in [5.41, 5.74) is 0.453. The molecule has 0 aliphatic rings. The van der Waals surface area contributed by atoms with Gasteiger partial charge in [-0.25, -0.2) is 0 Å². The number of amides is 1. The van der Waals surface area contributed by atoms with Gasteiger partial charge in [0.25, 0.3) is 5.91 Å². The zero-order valence-corrected chi connectivity index (χ0v) is 14.4. The molecule has 1 amide bonds. The minimum absolute atomic E-state index is 0.188. The maximum atomic E-state index is 12.2. The van der Waals surface area contributed by atoms with Crippen LogP contribution in [0.1, 0.15) is 37.6 Å². The second-order valence-electron chi connectivity index (χ2n) is 5.01. The van der Waals surface area contributed by atoms with Crippen molar-refractivity contribution >= 4 is 17.5 Å². The Kier molecular flexibility index (Phi) is 8.06. The summed E-state index contributed by atoms with van der Waals surface area (Å²) < 4.78 is 10.9. The Bertz CT molecular complexity index is 495. The zero-order valence-electron chi connectivity index (χ0n) is 13.7. The fourth-order valence-electron chi connectivity index (χ4n) is 1.96. The molecule has 22 heavy (non-hydrogen) atoms. The van der Waals surface area contributed by atoms with E-state index in [9.17, 15) is 4.79 Å². The number of rotatable bonds is 9. The fraction of sp³-hybridized carbons (Fsp3) is 0.562.